The van der Waals surface area contributed by atoms with Gasteiger partial charge >= 0.3 is 5.69 Å². The van der Waals surface area contributed by atoms with Crippen LogP contribution in [0.4, 0.5) is 0 Å². The molecule has 1 fully saturated rings. The zero-order valence-corrected chi connectivity index (χ0v) is 14.9. The largest absolute Gasteiger partial charge is 0.390 e. The summed E-state index contributed by atoms with van der Waals surface area (Å²) in [5, 5.41) is 14.7. The predicted molar refractivity (Wildman–Crippen MR) is 93.7 cm³/mol. The van der Waals surface area contributed by atoms with Crippen molar-refractivity contribution in [2.75, 3.05) is 13.1 Å². The fraction of sp³-hybridized carbons (Fsp3) is 0.500. The summed E-state index contributed by atoms with van der Waals surface area (Å²) in [6.45, 7) is 1.76. The Morgan fingerprint density at radius 3 is 2.65 bits per heavy atom. The number of hydrogen-bond donors (Lipinski definition) is 1. The number of aliphatic hydroxyl groups is 1. The van der Waals surface area contributed by atoms with Crippen molar-refractivity contribution in [2.45, 2.75) is 18.7 Å². The Morgan fingerprint density at radius 1 is 1.19 bits per heavy atom. The van der Waals surface area contributed by atoms with Gasteiger partial charge in [-0.15, -0.1) is 0 Å². The number of likely N-dealkylation sites (tertiary alicyclic amines) is 1. The van der Waals surface area contributed by atoms with E-state index in [9.17, 15) is 14.7 Å². The smallest absolute Gasteiger partial charge is 0.332 e. The lowest BCUT2D eigenvalue weighted by Crippen LogP contribution is -2.38. The van der Waals surface area contributed by atoms with Crippen molar-refractivity contribution < 1.29 is 5.11 Å². The van der Waals surface area contributed by atoms with Gasteiger partial charge in [0, 0.05) is 52.5 Å². The summed E-state index contributed by atoms with van der Waals surface area (Å²) in [5.41, 5.74) is 0.889. The van der Waals surface area contributed by atoms with Crippen LogP contribution in [-0.4, -0.2) is 57.7 Å². The Hall–Kier alpha value is -2.72. The summed E-state index contributed by atoms with van der Waals surface area (Å²) in [4.78, 5) is 30.9. The Morgan fingerprint density at radius 2 is 1.96 bits per heavy atom. The molecule has 0 spiro atoms. The number of nitrogens with zero attached hydrogens (tertiary/aromatic N) is 7. The molecule has 4 heterocycles. The zero-order valence-electron chi connectivity index (χ0n) is 14.9. The molecule has 0 amide bonds. The van der Waals surface area contributed by atoms with Crippen molar-refractivity contribution in [3.05, 3.63) is 45.1 Å². The van der Waals surface area contributed by atoms with Crippen molar-refractivity contribution in [3.8, 4) is 0 Å². The highest BCUT2D eigenvalue weighted by molar-refractivity contribution is 5.70. The van der Waals surface area contributed by atoms with Gasteiger partial charge in [-0.1, -0.05) is 0 Å². The van der Waals surface area contributed by atoms with E-state index in [1.807, 2.05) is 13.2 Å². The van der Waals surface area contributed by atoms with Crippen LogP contribution in [0.25, 0.3) is 11.2 Å². The molecule has 3 aromatic rings. The lowest BCUT2D eigenvalue weighted by Gasteiger charge is -2.18. The molecule has 138 valence electrons. The average Bonchev–Trinajstić information content (AvgIpc) is 3.30. The van der Waals surface area contributed by atoms with Crippen molar-refractivity contribution in [1.29, 1.82) is 0 Å². The first-order chi connectivity index (χ1) is 12.4. The Labute approximate surface area is 148 Å². The van der Waals surface area contributed by atoms with Crippen LogP contribution >= 0.6 is 0 Å². The molecule has 10 heteroatoms. The van der Waals surface area contributed by atoms with Crippen LogP contribution in [0.1, 0.15) is 11.6 Å². The minimum atomic E-state index is -0.622. The molecule has 0 unspecified atom stereocenters. The first kappa shape index (κ1) is 16.7. The van der Waals surface area contributed by atoms with E-state index < -0.39 is 17.4 Å². The van der Waals surface area contributed by atoms with Gasteiger partial charge in [0.15, 0.2) is 5.52 Å². The van der Waals surface area contributed by atoms with Crippen LogP contribution in [-0.2, 0) is 27.7 Å². The fourth-order valence-corrected chi connectivity index (χ4v) is 3.70. The number of aromatic nitrogens is 6. The summed E-state index contributed by atoms with van der Waals surface area (Å²) in [7, 11) is 4.91. The number of β-amino-alcohol motifs (C(OH)–C–C–N with tert-alkyl or cyclic N) is 1. The molecule has 1 aliphatic heterocycles. The fourth-order valence-electron chi connectivity index (χ4n) is 3.70. The first-order valence-electron chi connectivity index (χ1n) is 8.37. The van der Waals surface area contributed by atoms with Gasteiger partial charge in [-0.25, -0.2) is 9.78 Å². The minimum absolute atomic E-state index is 0.229. The maximum Gasteiger partial charge on any atom is 0.332 e. The normalized spacial score (nSPS) is 21.1. The number of rotatable bonds is 3. The second kappa shape index (κ2) is 5.92. The molecule has 0 radical (unpaired) electrons. The molecular formula is C16H21N7O3. The molecule has 4 rings (SSSR count). The quantitative estimate of drug-likeness (QED) is 0.616. The van der Waals surface area contributed by atoms with E-state index in [1.165, 1.54) is 17.9 Å². The van der Waals surface area contributed by atoms with Gasteiger partial charge in [0.1, 0.15) is 5.65 Å². The maximum absolute atomic E-state index is 12.3. The number of imidazole rings is 1. The van der Waals surface area contributed by atoms with Crippen LogP contribution in [0.3, 0.4) is 0 Å². The van der Waals surface area contributed by atoms with Crippen LogP contribution in [0.2, 0.25) is 0 Å². The van der Waals surface area contributed by atoms with Gasteiger partial charge in [-0.2, -0.15) is 5.10 Å². The third kappa shape index (κ3) is 2.49. The number of fused-ring (bicyclic) bond motifs is 1. The molecule has 0 saturated carbocycles. The lowest BCUT2D eigenvalue weighted by atomic mass is 10.2. The van der Waals surface area contributed by atoms with Gasteiger partial charge in [0.05, 0.1) is 24.7 Å². The topological polar surface area (TPSA) is 103 Å². The number of aliphatic hydroxyl groups excluding tert-OH is 1. The summed E-state index contributed by atoms with van der Waals surface area (Å²) in [6.07, 6.45) is 4.66. The summed E-state index contributed by atoms with van der Waals surface area (Å²) in [6, 6.07) is -0.283. The molecular weight excluding hydrogens is 338 g/mol. The number of hydrogen-bond acceptors (Lipinski definition) is 6. The van der Waals surface area contributed by atoms with Gasteiger partial charge in [-0.05, 0) is 0 Å². The van der Waals surface area contributed by atoms with E-state index >= 15 is 0 Å². The van der Waals surface area contributed by atoms with Gasteiger partial charge in [0.25, 0.3) is 5.56 Å². The third-order valence-electron chi connectivity index (χ3n) is 5.02. The van der Waals surface area contributed by atoms with Gasteiger partial charge in [0.2, 0.25) is 0 Å². The van der Waals surface area contributed by atoms with E-state index in [0.29, 0.717) is 25.3 Å². The van der Waals surface area contributed by atoms with E-state index in [-0.39, 0.29) is 11.6 Å². The second-order valence-electron chi connectivity index (χ2n) is 6.88. The SMILES string of the molecule is Cn1cc(CN2C[C@H](O)[C@@H](n3cnc4c(=O)n(C)c(=O)n(C)c43)C2)cn1. The highest BCUT2D eigenvalue weighted by Crippen LogP contribution is 2.26. The van der Waals surface area contributed by atoms with E-state index in [4.69, 9.17) is 0 Å². The Bertz CT molecular complexity index is 1090. The van der Waals surface area contributed by atoms with Crippen molar-refractivity contribution in [3.63, 3.8) is 0 Å². The molecule has 2 atom stereocenters. The summed E-state index contributed by atoms with van der Waals surface area (Å²) in [5.74, 6) is 0. The molecule has 10 nitrogen and oxygen atoms in total. The maximum atomic E-state index is 12.3. The molecule has 1 saturated heterocycles. The van der Waals surface area contributed by atoms with Crippen molar-refractivity contribution in [2.24, 2.45) is 21.1 Å². The second-order valence-corrected chi connectivity index (χ2v) is 6.88. The van der Waals surface area contributed by atoms with Crippen LogP contribution in [0, 0.1) is 0 Å². The Kier molecular flexibility index (Phi) is 3.81. The van der Waals surface area contributed by atoms with E-state index in [1.54, 1.807) is 22.5 Å². The van der Waals surface area contributed by atoms with Crippen molar-refractivity contribution in [1.82, 2.24) is 33.4 Å². The molecule has 0 aromatic carbocycles. The summed E-state index contributed by atoms with van der Waals surface area (Å²) < 4.78 is 5.93. The molecule has 3 aromatic heterocycles. The highest BCUT2D eigenvalue weighted by Gasteiger charge is 2.34. The van der Waals surface area contributed by atoms with Gasteiger partial charge < -0.3 is 9.67 Å². The molecule has 26 heavy (non-hydrogen) atoms. The minimum Gasteiger partial charge on any atom is -0.390 e. The first-order valence-corrected chi connectivity index (χ1v) is 8.37. The third-order valence-corrected chi connectivity index (χ3v) is 5.02. The van der Waals surface area contributed by atoms with E-state index in [2.05, 4.69) is 15.0 Å². The monoisotopic (exact) mass is 359 g/mol. The predicted octanol–water partition coefficient (Wildman–Crippen LogP) is -1.41. The van der Waals surface area contributed by atoms with Crippen LogP contribution in [0.15, 0.2) is 28.3 Å². The number of aryl methyl sites for hydroxylation is 2. The zero-order chi connectivity index (χ0) is 18.6. The standard InChI is InChI=1S/C16H21N7O3/c1-19-5-10(4-18-19)6-22-7-11(12(24)8-22)23-9-17-13-14(23)20(2)16(26)21(3)15(13)25/h4-5,9,11-12,24H,6-8H2,1-3H3/t11-,12-/m0/s1. The van der Waals surface area contributed by atoms with Gasteiger partial charge in [-0.3, -0.25) is 23.5 Å². The van der Waals surface area contributed by atoms with E-state index in [0.717, 1.165) is 10.1 Å². The molecule has 0 bridgehead atoms. The molecule has 1 N–H and O–H groups in total. The average molecular weight is 359 g/mol. The lowest BCUT2D eigenvalue weighted by molar-refractivity contribution is 0.144. The highest BCUT2D eigenvalue weighted by atomic mass is 16.3. The van der Waals surface area contributed by atoms with Crippen molar-refractivity contribution >= 4 is 11.2 Å². The summed E-state index contributed by atoms with van der Waals surface area (Å²) >= 11 is 0. The van der Waals surface area contributed by atoms with Crippen LogP contribution < -0.4 is 11.2 Å². The van der Waals surface area contributed by atoms with Crippen LogP contribution in [0.5, 0.6) is 0 Å². The Balaban J connectivity index is 1.70. The molecule has 1 aliphatic rings. The molecule has 0 aliphatic carbocycles.